The Balaban J connectivity index is 2.04. The lowest BCUT2D eigenvalue weighted by atomic mass is 10.2. The number of rotatable bonds is 3. The highest BCUT2D eigenvalue weighted by Crippen LogP contribution is 2.29. The molecule has 0 radical (unpaired) electrons. The molecule has 0 aliphatic carbocycles. The summed E-state index contributed by atoms with van der Waals surface area (Å²) in [6.07, 6.45) is 3.21. The van der Waals surface area contributed by atoms with Gasteiger partial charge in [-0.15, -0.1) is 11.3 Å². The quantitative estimate of drug-likeness (QED) is 0.734. The summed E-state index contributed by atoms with van der Waals surface area (Å²) < 4.78 is 25.1. The van der Waals surface area contributed by atoms with E-state index >= 15 is 0 Å². The number of hydrogen-bond donors (Lipinski definition) is 0. The Morgan fingerprint density at radius 3 is 2.38 bits per heavy atom. The smallest absolute Gasteiger partial charge is 0.175 e. The minimum atomic E-state index is -3.15. The molecule has 0 bridgehead atoms. The van der Waals surface area contributed by atoms with Gasteiger partial charge in [0, 0.05) is 18.1 Å². The Labute approximate surface area is 128 Å². The summed E-state index contributed by atoms with van der Waals surface area (Å²) in [5.74, 6) is 0. The maximum Gasteiger partial charge on any atom is 0.175 e. The fraction of sp³-hybridized carbons (Fsp3) is 0.125. The Kier molecular flexibility index (Phi) is 3.47. The van der Waals surface area contributed by atoms with Crippen LogP contribution < -0.4 is 0 Å². The van der Waals surface area contributed by atoms with Gasteiger partial charge in [0.15, 0.2) is 9.84 Å². The van der Waals surface area contributed by atoms with Crippen LogP contribution >= 0.6 is 11.3 Å². The molecule has 0 N–H and O–H groups in total. The predicted octanol–water partition coefficient (Wildman–Crippen LogP) is 3.92. The summed E-state index contributed by atoms with van der Waals surface area (Å²) in [4.78, 5) is 1.54. The molecule has 0 amide bonds. The zero-order valence-corrected chi connectivity index (χ0v) is 13.4. The van der Waals surface area contributed by atoms with E-state index in [-0.39, 0.29) is 0 Å². The van der Waals surface area contributed by atoms with E-state index in [0.717, 1.165) is 11.4 Å². The van der Waals surface area contributed by atoms with Crippen LogP contribution in [0.2, 0.25) is 0 Å². The number of hydrogen-bond acceptors (Lipinski definition) is 3. The van der Waals surface area contributed by atoms with Crippen molar-refractivity contribution >= 4 is 21.2 Å². The van der Waals surface area contributed by atoms with E-state index < -0.39 is 9.84 Å². The van der Waals surface area contributed by atoms with Gasteiger partial charge in [-0.25, -0.2) is 8.42 Å². The fourth-order valence-electron chi connectivity index (χ4n) is 2.23. The van der Waals surface area contributed by atoms with Gasteiger partial charge in [0.2, 0.25) is 0 Å². The van der Waals surface area contributed by atoms with Crippen LogP contribution in [0.5, 0.6) is 0 Å². The molecule has 0 saturated carbocycles. The normalized spacial score (nSPS) is 11.7. The summed E-state index contributed by atoms with van der Waals surface area (Å²) in [6, 6.07) is 13.2. The average Bonchev–Trinajstić information content (AvgIpc) is 3.06. The van der Waals surface area contributed by atoms with Gasteiger partial charge in [0.05, 0.1) is 15.5 Å². The molecular formula is C16H15NO2S2. The van der Waals surface area contributed by atoms with Crippen LogP contribution in [0.15, 0.2) is 58.9 Å². The molecule has 3 rings (SSSR count). The molecule has 5 heteroatoms. The molecule has 2 heterocycles. The van der Waals surface area contributed by atoms with Crippen molar-refractivity contribution in [2.75, 3.05) is 6.26 Å². The second-order valence-corrected chi connectivity index (χ2v) is 7.94. The van der Waals surface area contributed by atoms with Gasteiger partial charge in [-0.05, 0) is 60.3 Å². The molecule has 108 valence electrons. The van der Waals surface area contributed by atoms with Crippen LogP contribution in [0.25, 0.3) is 16.3 Å². The highest BCUT2D eigenvalue weighted by atomic mass is 32.2. The Hall–Kier alpha value is -1.85. The first-order chi connectivity index (χ1) is 9.95. The minimum absolute atomic E-state index is 0.340. The molecule has 21 heavy (non-hydrogen) atoms. The van der Waals surface area contributed by atoms with E-state index in [1.54, 1.807) is 23.5 Å². The van der Waals surface area contributed by atoms with Gasteiger partial charge < -0.3 is 4.57 Å². The number of benzene rings is 1. The van der Waals surface area contributed by atoms with Crippen LogP contribution in [0.3, 0.4) is 0 Å². The molecule has 2 aromatic heterocycles. The molecule has 3 aromatic rings. The number of thiophene rings is 1. The van der Waals surface area contributed by atoms with Crippen LogP contribution in [-0.4, -0.2) is 19.2 Å². The standard InChI is InChI=1S/C16H15NO2S2/c1-12-10-16(20-11-12)15-4-3-9-17(15)13-5-7-14(8-6-13)21(2,18)19/h3-11H,1-2H3. The lowest BCUT2D eigenvalue weighted by Gasteiger charge is -2.08. The van der Waals surface area contributed by atoms with Crippen molar-refractivity contribution in [1.29, 1.82) is 0 Å². The third-order valence-corrected chi connectivity index (χ3v) is 5.47. The number of nitrogens with zero attached hydrogens (tertiary/aromatic N) is 1. The third-order valence-electron chi connectivity index (χ3n) is 3.27. The van der Waals surface area contributed by atoms with Crippen molar-refractivity contribution in [1.82, 2.24) is 4.57 Å². The first kappa shape index (κ1) is 14.1. The molecule has 0 spiro atoms. The van der Waals surface area contributed by atoms with Crippen LogP contribution in [0.1, 0.15) is 5.56 Å². The Bertz CT molecular complexity index is 871. The van der Waals surface area contributed by atoms with E-state index in [1.165, 1.54) is 16.7 Å². The maximum atomic E-state index is 11.5. The zero-order chi connectivity index (χ0) is 15.0. The monoisotopic (exact) mass is 317 g/mol. The predicted molar refractivity (Wildman–Crippen MR) is 86.9 cm³/mol. The Morgan fingerprint density at radius 2 is 1.81 bits per heavy atom. The molecular weight excluding hydrogens is 302 g/mol. The van der Waals surface area contributed by atoms with Crippen molar-refractivity contribution in [3.05, 3.63) is 59.6 Å². The highest BCUT2D eigenvalue weighted by Gasteiger charge is 2.10. The molecule has 1 aromatic carbocycles. The number of sulfone groups is 1. The van der Waals surface area contributed by atoms with Crippen LogP contribution in [0.4, 0.5) is 0 Å². The van der Waals surface area contributed by atoms with Gasteiger partial charge >= 0.3 is 0 Å². The molecule has 0 atom stereocenters. The van der Waals surface area contributed by atoms with E-state index in [9.17, 15) is 8.42 Å². The van der Waals surface area contributed by atoms with Gasteiger partial charge in [0.25, 0.3) is 0 Å². The van der Waals surface area contributed by atoms with Crippen molar-refractivity contribution in [3.8, 4) is 16.3 Å². The van der Waals surface area contributed by atoms with Gasteiger partial charge in [-0.1, -0.05) is 0 Å². The van der Waals surface area contributed by atoms with Gasteiger partial charge in [0.1, 0.15) is 0 Å². The molecule has 0 saturated heterocycles. The lowest BCUT2D eigenvalue weighted by Crippen LogP contribution is -1.98. The SMILES string of the molecule is Cc1csc(-c2cccn2-c2ccc(S(C)(=O)=O)cc2)c1. The van der Waals surface area contributed by atoms with Crippen molar-refractivity contribution in [2.45, 2.75) is 11.8 Å². The van der Waals surface area contributed by atoms with E-state index in [0.29, 0.717) is 4.90 Å². The number of aryl methyl sites for hydroxylation is 1. The summed E-state index contributed by atoms with van der Waals surface area (Å²) in [5.41, 5.74) is 3.31. The van der Waals surface area contributed by atoms with Gasteiger partial charge in [-0.3, -0.25) is 0 Å². The highest BCUT2D eigenvalue weighted by molar-refractivity contribution is 7.90. The second kappa shape index (κ2) is 5.16. The molecule has 3 nitrogen and oxygen atoms in total. The third kappa shape index (κ3) is 2.80. The molecule has 0 aliphatic rings. The second-order valence-electron chi connectivity index (χ2n) is 5.02. The largest absolute Gasteiger partial charge is 0.316 e. The van der Waals surface area contributed by atoms with E-state index in [2.05, 4.69) is 29.0 Å². The van der Waals surface area contributed by atoms with E-state index in [1.807, 2.05) is 24.4 Å². The molecule has 0 fully saturated rings. The number of aromatic nitrogens is 1. The first-order valence-electron chi connectivity index (χ1n) is 6.48. The first-order valence-corrected chi connectivity index (χ1v) is 9.25. The summed E-state index contributed by atoms with van der Waals surface area (Å²) in [6.45, 7) is 2.08. The Morgan fingerprint density at radius 1 is 1.10 bits per heavy atom. The molecule has 0 aliphatic heterocycles. The summed E-state index contributed by atoms with van der Waals surface area (Å²) in [7, 11) is -3.15. The maximum absolute atomic E-state index is 11.5. The average molecular weight is 317 g/mol. The topological polar surface area (TPSA) is 39.1 Å². The zero-order valence-electron chi connectivity index (χ0n) is 11.8. The minimum Gasteiger partial charge on any atom is -0.316 e. The van der Waals surface area contributed by atoms with Crippen LogP contribution in [0, 0.1) is 6.92 Å². The summed E-state index contributed by atoms with van der Waals surface area (Å²) >= 11 is 1.71. The van der Waals surface area contributed by atoms with Crippen molar-refractivity contribution in [2.24, 2.45) is 0 Å². The van der Waals surface area contributed by atoms with E-state index in [4.69, 9.17) is 0 Å². The van der Waals surface area contributed by atoms with Crippen LogP contribution in [-0.2, 0) is 9.84 Å². The lowest BCUT2D eigenvalue weighted by molar-refractivity contribution is 0.602. The fourth-order valence-corrected chi connectivity index (χ4v) is 3.78. The summed E-state index contributed by atoms with van der Waals surface area (Å²) in [5, 5.41) is 2.12. The van der Waals surface area contributed by atoms with Crippen molar-refractivity contribution in [3.63, 3.8) is 0 Å². The van der Waals surface area contributed by atoms with Crippen molar-refractivity contribution < 1.29 is 8.42 Å². The van der Waals surface area contributed by atoms with Gasteiger partial charge in [-0.2, -0.15) is 0 Å². The molecule has 0 unspecified atom stereocenters.